The van der Waals surface area contributed by atoms with Crippen molar-refractivity contribution >= 4 is 23.7 Å². The molecule has 2 fully saturated rings. The van der Waals surface area contributed by atoms with E-state index in [1.54, 1.807) is 25.1 Å². The number of rotatable bonds is 6. The molecule has 2 aliphatic heterocycles. The van der Waals surface area contributed by atoms with E-state index < -0.39 is 0 Å². The zero-order chi connectivity index (χ0) is 20.1. The van der Waals surface area contributed by atoms with Gasteiger partial charge in [0.2, 0.25) is 5.95 Å². The molecule has 0 spiro atoms. The fourth-order valence-electron chi connectivity index (χ4n) is 3.25. The molecule has 1 aromatic rings. The predicted octanol–water partition coefficient (Wildman–Crippen LogP) is -0.0878. The molecule has 154 valence electrons. The first-order valence-corrected chi connectivity index (χ1v) is 10.4. The zero-order valence-corrected chi connectivity index (χ0v) is 17.5. The minimum Gasteiger partial charge on any atom is -0.393 e. The number of nitrogens with two attached hydrogens (primary N) is 3. The highest BCUT2D eigenvalue weighted by Crippen LogP contribution is 2.24. The van der Waals surface area contributed by atoms with Crippen molar-refractivity contribution in [2.75, 3.05) is 56.1 Å². The molecule has 3 heterocycles. The number of piperazine rings is 1. The third-order valence-electron chi connectivity index (χ3n) is 4.85. The SMILES string of the molecule is CN/C(N)=C/C=C(\N)SN1CCN(c2nc(C)cc(N3CCC(N)C3)n2)CC1. The van der Waals surface area contributed by atoms with Crippen LogP contribution in [0.3, 0.4) is 0 Å². The van der Waals surface area contributed by atoms with Gasteiger partial charge in [0, 0.05) is 64.1 Å². The smallest absolute Gasteiger partial charge is 0.227 e. The summed E-state index contributed by atoms with van der Waals surface area (Å²) < 4.78 is 2.25. The minimum atomic E-state index is 0.233. The van der Waals surface area contributed by atoms with Gasteiger partial charge < -0.3 is 32.3 Å². The molecule has 1 atom stereocenters. The first-order chi connectivity index (χ1) is 13.4. The Morgan fingerprint density at radius 1 is 1.14 bits per heavy atom. The molecule has 1 unspecified atom stereocenters. The van der Waals surface area contributed by atoms with E-state index in [9.17, 15) is 0 Å². The van der Waals surface area contributed by atoms with Gasteiger partial charge in [-0.3, -0.25) is 0 Å². The summed E-state index contributed by atoms with van der Waals surface area (Å²) in [5.41, 5.74) is 18.8. The summed E-state index contributed by atoms with van der Waals surface area (Å²) in [5.74, 6) is 2.36. The van der Waals surface area contributed by atoms with Gasteiger partial charge in [0.05, 0.1) is 10.9 Å². The first kappa shape index (κ1) is 20.6. The van der Waals surface area contributed by atoms with Crippen LogP contribution in [0.15, 0.2) is 29.1 Å². The number of hydrogen-bond acceptors (Lipinski definition) is 10. The second-order valence-corrected chi connectivity index (χ2v) is 8.28. The average Bonchev–Trinajstić information content (AvgIpc) is 3.12. The maximum atomic E-state index is 6.07. The molecule has 2 aliphatic rings. The Balaban J connectivity index is 1.58. The van der Waals surface area contributed by atoms with Crippen LogP contribution in [0, 0.1) is 6.92 Å². The molecule has 1 aromatic heterocycles. The molecule has 7 N–H and O–H groups in total. The Morgan fingerprint density at radius 3 is 2.54 bits per heavy atom. The molecule has 0 aromatic carbocycles. The molecule has 0 amide bonds. The highest BCUT2D eigenvalue weighted by atomic mass is 32.2. The largest absolute Gasteiger partial charge is 0.393 e. The molecule has 0 aliphatic carbocycles. The molecular weight excluding hydrogens is 374 g/mol. The predicted molar refractivity (Wildman–Crippen MR) is 117 cm³/mol. The van der Waals surface area contributed by atoms with E-state index in [4.69, 9.17) is 22.2 Å². The van der Waals surface area contributed by atoms with E-state index in [1.807, 2.05) is 19.1 Å². The Labute approximate surface area is 171 Å². The van der Waals surface area contributed by atoms with Crippen molar-refractivity contribution in [3.8, 4) is 0 Å². The molecule has 3 rings (SSSR count). The van der Waals surface area contributed by atoms with Gasteiger partial charge in [-0.1, -0.05) is 0 Å². The van der Waals surface area contributed by atoms with Crippen LogP contribution in [0.5, 0.6) is 0 Å². The minimum absolute atomic E-state index is 0.233. The van der Waals surface area contributed by atoms with Gasteiger partial charge in [-0.15, -0.1) is 0 Å². The summed E-state index contributed by atoms with van der Waals surface area (Å²) >= 11 is 1.55. The molecule has 9 nitrogen and oxygen atoms in total. The van der Waals surface area contributed by atoms with Crippen LogP contribution in [0.1, 0.15) is 12.1 Å². The quantitative estimate of drug-likeness (QED) is 0.377. The van der Waals surface area contributed by atoms with Crippen molar-refractivity contribution in [2.45, 2.75) is 19.4 Å². The Bertz CT molecular complexity index is 728. The van der Waals surface area contributed by atoms with Crippen molar-refractivity contribution in [3.63, 3.8) is 0 Å². The molecule has 0 saturated carbocycles. The van der Waals surface area contributed by atoms with Crippen molar-refractivity contribution in [3.05, 3.63) is 34.8 Å². The van der Waals surface area contributed by atoms with Crippen molar-refractivity contribution in [1.29, 1.82) is 0 Å². The third kappa shape index (κ3) is 5.43. The number of anilines is 2. The van der Waals surface area contributed by atoms with Crippen LogP contribution in [0.4, 0.5) is 11.8 Å². The van der Waals surface area contributed by atoms with Crippen molar-refractivity contribution < 1.29 is 0 Å². The number of nitrogens with zero attached hydrogens (tertiary/aromatic N) is 5. The van der Waals surface area contributed by atoms with Gasteiger partial charge in [-0.25, -0.2) is 9.29 Å². The molecule has 2 saturated heterocycles. The van der Waals surface area contributed by atoms with Gasteiger partial charge in [-0.05, 0) is 37.4 Å². The molecule has 28 heavy (non-hydrogen) atoms. The molecule has 10 heteroatoms. The maximum absolute atomic E-state index is 6.07. The van der Waals surface area contributed by atoms with Crippen LogP contribution in [-0.4, -0.2) is 66.6 Å². The van der Waals surface area contributed by atoms with E-state index in [0.717, 1.165) is 63.1 Å². The highest BCUT2D eigenvalue weighted by molar-refractivity contribution is 8.00. The van der Waals surface area contributed by atoms with Crippen molar-refractivity contribution in [1.82, 2.24) is 19.6 Å². The summed E-state index contributed by atoms with van der Waals surface area (Å²) in [6, 6.07) is 2.28. The lowest BCUT2D eigenvalue weighted by Gasteiger charge is -2.34. The van der Waals surface area contributed by atoms with Crippen molar-refractivity contribution in [2.24, 2.45) is 17.2 Å². The summed E-state index contributed by atoms with van der Waals surface area (Å²) in [6.45, 7) is 7.32. The van der Waals surface area contributed by atoms with Crippen LogP contribution in [0.25, 0.3) is 0 Å². The summed E-state index contributed by atoms with van der Waals surface area (Å²) in [6.07, 6.45) is 4.60. The topological polar surface area (TPSA) is 126 Å². The number of allylic oxidation sites excluding steroid dienone is 2. The number of hydrogen-bond donors (Lipinski definition) is 4. The Morgan fingerprint density at radius 2 is 1.89 bits per heavy atom. The van der Waals surface area contributed by atoms with Crippen LogP contribution in [-0.2, 0) is 0 Å². The summed E-state index contributed by atoms with van der Waals surface area (Å²) in [7, 11) is 1.78. The molecule has 0 bridgehead atoms. The highest BCUT2D eigenvalue weighted by Gasteiger charge is 2.24. The third-order valence-corrected chi connectivity index (χ3v) is 5.82. The van der Waals surface area contributed by atoms with E-state index in [-0.39, 0.29) is 6.04 Å². The lowest BCUT2D eigenvalue weighted by molar-refractivity contribution is 0.427. The van der Waals surface area contributed by atoms with Crippen LogP contribution in [0.2, 0.25) is 0 Å². The average molecular weight is 406 g/mol. The number of aryl methyl sites for hydroxylation is 1. The monoisotopic (exact) mass is 405 g/mol. The molecule has 0 radical (unpaired) electrons. The van der Waals surface area contributed by atoms with Gasteiger partial charge in [-0.2, -0.15) is 4.98 Å². The normalized spacial score (nSPS) is 22.0. The summed E-state index contributed by atoms with van der Waals surface area (Å²) in [4.78, 5) is 14.0. The van der Waals surface area contributed by atoms with Gasteiger partial charge in [0.15, 0.2) is 0 Å². The van der Waals surface area contributed by atoms with Gasteiger partial charge in [0.25, 0.3) is 0 Å². The van der Waals surface area contributed by atoms with E-state index >= 15 is 0 Å². The van der Waals surface area contributed by atoms with Gasteiger partial charge >= 0.3 is 0 Å². The maximum Gasteiger partial charge on any atom is 0.227 e. The standard InChI is InChI=1S/C18H31N9S/c1-13-11-17(26-6-5-14(19)12-26)24-18(23-13)25-7-9-27(10-8-25)28-16(21)4-3-15(20)22-2/h3-4,11,14,22H,5-10,12,19-21H2,1-2H3/b15-3+,16-4+. The summed E-state index contributed by atoms with van der Waals surface area (Å²) in [5, 5.41) is 3.58. The van der Waals surface area contributed by atoms with Gasteiger partial charge in [0.1, 0.15) is 5.82 Å². The fraction of sp³-hybridized carbons (Fsp3) is 0.556. The number of aromatic nitrogens is 2. The molecular formula is C18H31N9S. The van der Waals surface area contributed by atoms with Crippen LogP contribution < -0.4 is 32.3 Å². The fourth-order valence-corrected chi connectivity index (χ4v) is 4.02. The lowest BCUT2D eigenvalue weighted by atomic mass is 10.3. The van der Waals surface area contributed by atoms with E-state index in [2.05, 4.69) is 24.4 Å². The zero-order valence-electron chi connectivity index (χ0n) is 16.6. The first-order valence-electron chi connectivity index (χ1n) is 9.59. The number of nitrogens with one attached hydrogen (secondary N) is 1. The second kappa shape index (κ2) is 9.35. The van der Waals surface area contributed by atoms with Crippen LogP contribution >= 0.6 is 11.9 Å². The Kier molecular flexibility index (Phi) is 6.87. The lowest BCUT2D eigenvalue weighted by Crippen LogP contribution is -2.44. The van der Waals surface area contributed by atoms with E-state index in [1.165, 1.54) is 0 Å². The van der Waals surface area contributed by atoms with E-state index in [0.29, 0.717) is 10.9 Å². The second-order valence-electron chi connectivity index (χ2n) is 7.11. The Hall–Kier alpha value is -2.17.